The van der Waals surface area contributed by atoms with Crippen molar-refractivity contribution in [2.24, 2.45) is 7.05 Å². The lowest BCUT2D eigenvalue weighted by Crippen LogP contribution is -2.15. The van der Waals surface area contributed by atoms with E-state index in [1.807, 2.05) is 50.4 Å². The van der Waals surface area contributed by atoms with Crippen LogP contribution < -0.4 is 5.32 Å². The van der Waals surface area contributed by atoms with Crippen molar-refractivity contribution >= 4 is 38.6 Å². The first kappa shape index (κ1) is 17.4. The van der Waals surface area contributed by atoms with E-state index in [2.05, 4.69) is 36.4 Å². The van der Waals surface area contributed by atoms with Gasteiger partial charge in [0.2, 0.25) is 11.8 Å². The van der Waals surface area contributed by atoms with Crippen LogP contribution in [0.2, 0.25) is 0 Å². The maximum atomic E-state index is 12.8. The molecule has 7 nitrogen and oxygen atoms in total. The van der Waals surface area contributed by atoms with Gasteiger partial charge in [-0.25, -0.2) is 4.98 Å². The van der Waals surface area contributed by atoms with Gasteiger partial charge in [0.1, 0.15) is 11.3 Å². The summed E-state index contributed by atoms with van der Waals surface area (Å²) in [5.74, 6) is 0.791. The molecule has 0 bridgehead atoms. The van der Waals surface area contributed by atoms with Crippen LogP contribution in [0.15, 0.2) is 51.5 Å². The number of aryl methyl sites for hydroxylation is 2. The van der Waals surface area contributed by atoms with E-state index in [4.69, 9.17) is 4.42 Å². The van der Waals surface area contributed by atoms with Gasteiger partial charge in [-0.2, -0.15) is 0 Å². The van der Waals surface area contributed by atoms with Crippen LogP contribution in [0, 0.1) is 0 Å². The fourth-order valence-corrected chi connectivity index (χ4v) is 3.20. The molecule has 0 aliphatic carbocycles. The van der Waals surface area contributed by atoms with E-state index in [-0.39, 0.29) is 5.91 Å². The Kier molecular flexibility index (Phi) is 4.49. The van der Waals surface area contributed by atoms with Crippen LogP contribution in [-0.2, 0) is 13.5 Å². The van der Waals surface area contributed by atoms with E-state index >= 15 is 0 Å². The van der Waals surface area contributed by atoms with Crippen molar-refractivity contribution in [3.05, 3.63) is 58.7 Å². The Balaban J connectivity index is 1.61. The number of halogens is 1. The summed E-state index contributed by atoms with van der Waals surface area (Å²) in [6.45, 7) is 1.95. The number of amides is 1. The minimum atomic E-state index is -0.219. The topological polar surface area (TPSA) is 85.8 Å². The smallest absolute Gasteiger partial charge is 0.272 e. The van der Waals surface area contributed by atoms with Crippen molar-refractivity contribution in [3.63, 3.8) is 0 Å². The predicted octanol–water partition coefficient (Wildman–Crippen LogP) is 4.20. The van der Waals surface area contributed by atoms with Crippen LogP contribution in [0.25, 0.3) is 22.5 Å². The molecule has 8 heteroatoms. The number of anilines is 1. The Morgan fingerprint density at radius 2 is 2.11 bits per heavy atom. The lowest BCUT2D eigenvalue weighted by molar-refractivity contribution is 0.101. The minimum Gasteiger partial charge on any atom is -0.421 e. The molecule has 0 saturated carbocycles. The molecule has 0 spiro atoms. The summed E-state index contributed by atoms with van der Waals surface area (Å²) in [5, 5.41) is 11.8. The quantitative estimate of drug-likeness (QED) is 0.529. The van der Waals surface area contributed by atoms with Crippen molar-refractivity contribution in [2.45, 2.75) is 13.3 Å². The number of aromatic nitrogens is 4. The van der Waals surface area contributed by atoms with Crippen LogP contribution in [0.4, 0.5) is 5.69 Å². The molecule has 0 fully saturated rings. The number of fused-ring (bicyclic) bond motifs is 1. The zero-order valence-corrected chi connectivity index (χ0v) is 16.3. The molecule has 0 aliphatic rings. The zero-order chi connectivity index (χ0) is 19.0. The molecule has 3 aromatic heterocycles. The molecule has 4 rings (SSSR count). The number of hydrogen-bond donors (Lipinski definition) is 1. The molecule has 1 N–H and O–H groups in total. The Morgan fingerprint density at radius 1 is 1.26 bits per heavy atom. The standard InChI is InChI=1S/C19H16BrN5O2/c1-3-16-23-24-19(27-16)11-5-4-6-14(8-11)22-18(26)15-9-12-7-13(20)10-21-17(12)25(15)2/h4-10H,3H2,1-2H3,(H,22,26). The largest absolute Gasteiger partial charge is 0.421 e. The number of pyridine rings is 1. The molecule has 4 aromatic rings. The maximum Gasteiger partial charge on any atom is 0.272 e. The Labute approximate surface area is 163 Å². The Morgan fingerprint density at radius 3 is 2.89 bits per heavy atom. The summed E-state index contributed by atoms with van der Waals surface area (Å²) in [6.07, 6.45) is 2.39. The molecular weight excluding hydrogens is 410 g/mol. The molecule has 27 heavy (non-hydrogen) atoms. The first-order valence-corrected chi connectivity index (χ1v) is 9.19. The first-order valence-electron chi connectivity index (χ1n) is 8.40. The van der Waals surface area contributed by atoms with Gasteiger partial charge in [0, 0.05) is 40.8 Å². The highest BCUT2D eigenvalue weighted by Crippen LogP contribution is 2.24. The number of nitrogens with one attached hydrogen (secondary N) is 1. The van der Waals surface area contributed by atoms with Gasteiger partial charge in [-0.1, -0.05) is 13.0 Å². The fraction of sp³-hybridized carbons (Fsp3) is 0.158. The van der Waals surface area contributed by atoms with Gasteiger partial charge in [0.15, 0.2) is 0 Å². The van der Waals surface area contributed by atoms with Crippen LogP contribution in [-0.4, -0.2) is 25.7 Å². The summed E-state index contributed by atoms with van der Waals surface area (Å²) in [5.41, 5.74) is 2.66. The number of carbonyl (C=O) groups is 1. The lowest BCUT2D eigenvalue weighted by Gasteiger charge is -2.07. The third-order valence-electron chi connectivity index (χ3n) is 4.20. The second-order valence-electron chi connectivity index (χ2n) is 6.04. The third-order valence-corrected chi connectivity index (χ3v) is 4.64. The lowest BCUT2D eigenvalue weighted by atomic mass is 10.2. The predicted molar refractivity (Wildman–Crippen MR) is 105 cm³/mol. The number of hydrogen-bond acceptors (Lipinski definition) is 5. The molecule has 1 aromatic carbocycles. The second-order valence-corrected chi connectivity index (χ2v) is 6.96. The zero-order valence-electron chi connectivity index (χ0n) is 14.7. The number of rotatable bonds is 4. The Hall–Kier alpha value is -3.00. The minimum absolute atomic E-state index is 0.219. The molecule has 1 amide bonds. The van der Waals surface area contributed by atoms with Gasteiger partial charge in [-0.05, 0) is 46.3 Å². The fourth-order valence-electron chi connectivity index (χ4n) is 2.85. The van der Waals surface area contributed by atoms with Crippen molar-refractivity contribution in [1.29, 1.82) is 0 Å². The van der Waals surface area contributed by atoms with Crippen LogP contribution in [0.3, 0.4) is 0 Å². The monoisotopic (exact) mass is 425 g/mol. The first-order chi connectivity index (χ1) is 13.0. The average Bonchev–Trinajstić information content (AvgIpc) is 3.27. The van der Waals surface area contributed by atoms with Gasteiger partial charge < -0.3 is 14.3 Å². The molecule has 0 saturated heterocycles. The molecule has 136 valence electrons. The number of nitrogens with zero attached hydrogens (tertiary/aromatic N) is 4. The van der Waals surface area contributed by atoms with E-state index in [0.717, 1.165) is 21.1 Å². The van der Waals surface area contributed by atoms with E-state index < -0.39 is 0 Å². The molecule has 0 aliphatic heterocycles. The number of carbonyl (C=O) groups excluding carboxylic acids is 1. The average molecular weight is 426 g/mol. The molecule has 0 unspecified atom stereocenters. The summed E-state index contributed by atoms with van der Waals surface area (Å²) < 4.78 is 8.22. The van der Waals surface area contributed by atoms with Gasteiger partial charge >= 0.3 is 0 Å². The third kappa shape index (κ3) is 3.35. The van der Waals surface area contributed by atoms with E-state index in [0.29, 0.717) is 29.6 Å². The summed E-state index contributed by atoms with van der Waals surface area (Å²) in [4.78, 5) is 17.1. The summed E-state index contributed by atoms with van der Waals surface area (Å²) in [6, 6.07) is 11.1. The van der Waals surface area contributed by atoms with E-state index in [1.165, 1.54) is 0 Å². The van der Waals surface area contributed by atoms with E-state index in [9.17, 15) is 4.79 Å². The molecule has 0 atom stereocenters. The highest BCUT2D eigenvalue weighted by atomic mass is 79.9. The highest BCUT2D eigenvalue weighted by molar-refractivity contribution is 9.10. The van der Waals surface area contributed by atoms with Crippen LogP contribution in [0.5, 0.6) is 0 Å². The normalized spacial score (nSPS) is 11.1. The molecular formula is C19H16BrN5O2. The van der Waals surface area contributed by atoms with Crippen molar-refractivity contribution in [1.82, 2.24) is 19.7 Å². The molecule has 0 radical (unpaired) electrons. The van der Waals surface area contributed by atoms with Gasteiger partial charge in [0.05, 0.1) is 0 Å². The van der Waals surface area contributed by atoms with Crippen molar-refractivity contribution in [2.75, 3.05) is 5.32 Å². The van der Waals surface area contributed by atoms with Crippen LogP contribution in [0.1, 0.15) is 23.3 Å². The van der Waals surface area contributed by atoms with Crippen molar-refractivity contribution < 1.29 is 9.21 Å². The SMILES string of the molecule is CCc1nnc(-c2cccc(NC(=O)c3cc4cc(Br)cnc4n3C)c2)o1. The highest BCUT2D eigenvalue weighted by Gasteiger charge is 2.15. The van der Waals surface area contributed by atoms with Gasteiger partial charge in [0.25, 0.3) is 5.91 Å². The summed E-state index contributed by atoms with van der Waals surface area (Å²) in [7, 11) is 1.82. The Bertz CT molecular complexity index is 1150. The van der Waals surface area contributed by atoms with Crippen LogP contribution >= 0.6 is 15.9 Å². The van der Waals surface area contributed by atoms with Gasteiger partial charge in [-0.15, -0.1) is 10.2 Å². The summed E-state index contributed by atoms with van der Waals surface area (Å²) >= 11 is 3.40. The molecule has 3 heterocycles. The van der Waals surface area contributed by atoms with Crippen molar-refractivity contribution in [3.8, 4) is 11.5 Å². The maximum absolute atomic E-state index is 12.8. The van der Waals surface area contributed by atoms with Gasteiger partial charge in [-0.3, -0.25) is 4.79 Å². The number of benzene rings is 1. The van der Waals surface area contributed by atoms with E-state index in [1.54, 1.807) is 10.8 Å². The second kappa shape index (κ2) is 6.96.